The third-order valence-electron chi connectivity index (χ3n) is 3.03. The number of hydrogen-bond acceptors (Lipinski definition) is 3. The summed E-state index contributed by atoms with van der Waals surface area (Å²) in [6.07, 6.45) is -4.24. The molecule has 0 saturated heterocycles. The van der Waals surface area contributed by atoms with Crippen LogP contribution in [0.2, 0.25) is 0 Å². The molecule has 0 amide bonds. The lowest BCUT2D eigenvalue weighted by Crippen LogP contribution is -2.29. The second-order valence-corrected chi connectivity index (χ2v) is 4.58. The highest BCUT2D eigenvalue weighted by atomic mass is 19.4. The number of benzene rings is 1. The van der Waals surface area contributed by atoms with Crippen molar-refractivity contribution in [3.05, 3.63) is 29.6 Å². The molecule has 2 rings (SSSR count). The van der Waals surface area contributed by atoms with Crippen molar-refractivity contribution in [3.63, 3.8) is 0 Å². The summed E-state index contributed by atoms with van der Waals surface area (Å²) in [6.45, 7) is 0. The molecule has 1 aromatic rings. The molecule has 0 unspecified atom stereocenters. The molecule has 1 aliphatic carbocycles. The number of halogens is 4. The van der Waals surface area contributed by atoms with Crippen LogP contribution in [0.25, 0.3) is 0 Å². The second kappa shape index (κ2) is 4.97. The summed E-state index contributed by atoms with van der Waals surface area (Å²) in [5.41, 5.74) is 5.51. The Bertz CT molecular complexity index is 460. The van der Waals surface area contributed by atoms with Gasteiger partial charge in [0.15, 0.2) is 0 Å². The van der Waals surface area contributed by atoms with Crippen molar-refractivity contribution < 1.29 is 27.4 Å². The molecular weight excluding hydrogens is 266 g/mol. The van der Waals surface area contributed by atoms with Crippen LogP contribution in [-0.2, 0) is 0 Å². The zero-order valence-electron chi connectivity index (χ0n) is 9.82. The number of ether oxygens (including phenoxy) is 1. The Hall–Kier alpha value is -1.34. The van der Waals surface area contributed by atoms with Gasteiger partial charge in [0.25, 0.3) is 0 Å². The first-order valence-corrected chi connectivity index (χ1v) is 5.77. The molecule has 19 heavy (non-hydrogen) atoms. The predicted octanol–water partition coefficient (Wildman–Crippen LogP) is 2.50. The van der Waals surface area contributed by atoms with Gasteiger partial charge in [-0.1, -0.05) is 0 Å². The Morgan fingerprint density at radius 1 is 1.32 bits per heavy atom. The lowest BCUT2D eigenvalue weighted by atomic mass is 9.98. The van der Waals surface area contributed by atoms with Crippen molar-refractivity contribution in [2.24, 2.45) is 11.7 Å². The highest BCUT2D eigenvalue weighted by Crippen LogP contribution is 2.38. The summed E-state index contributed by atoms with van der Waals surface area (Å²) in [4.78, 5) is 0. The lowest BCUT2D eigenvalue weighted by molar-refractivity contribution is -0.274. The number of alkyl halides is 3. The van der Waals surface area contributed by atoms with E-state index >= 15 is 0 Å². The molecule has 2 atom stereocenters. The zero-order valence-corrected chi connectivity index (χ0v) is 9.82. The quantitative estimate of drug-likeness (QED) is 0.833. The Morgan fingerprint density at radius 3 is 2.47 bits per heavy atom. The molecule has 0 aliphatic heterocycles. The van der Waals surface area contributed by atoms with E-state index in [2.05, 4.69) is 4.74 Å². The van der Waals surface area contributed by atoms with Crippen molar-refractivity contribution in [2.75, 3.05) is 0 Å². The minimum Gasteiger partial charge on any atom is -0.406 e. The van der Waals surface area contributed by atoms with Crippen LogP contribution in [0.5, 0.6) is 5.75 Å². The first kappa shape index (κ1) is 14.1. The molecule has 1 saturated carbocycles. The number of aliphatic hydroxyl groups is 1. The average Bonchev–Trinajstić information content (AvgIpc) is 3.12. The van der Waals surface area contributed by atoms with E-state index in [0.29, 0.717) is 0 Å². The maximum Gasteiger partial charge on any atom is 0.573 e. The zero-order chi connectivity index (χ0) is 14.2. The molecule has 0 aromatic heterocycles. The van der Waals surface area contributed by atoms with E-state index in [1.807, 2.05) is 0 Å². The summed E-state index contributed by atoms with van der Waals surface area (Å²) >= 11 is 0. The fraction of sp³-hybridized carbons (Fsp3) is 0.500. The molecule has 3 nitrogen and oxygen atoms in total. The van der Waals surface area contributed by atoms with Crippen molar-refractivity contribution in [1.29, 1.82) is 0 Å². The van der Waals surface area contributed by atoms with Crippen LogP contribution in [0.4, 0.5) is 17.6 Å². The minimum atomic E-state index is -4.85. The number of aliphatic hydroxyl groups excluding tert-OH is 1. The standard InChI is InChI=1S/C12H13F4NO2/c13-9-4-3-7(19-12(14,15)16)5-8(9)10(17)11(18)6-1-2-6/h3-6,10-11,18H,1-2,17H2/t10-,11+/m1/s1. The molecule has 106 valence electrons. The van der Waals surface area contributed by atoms with Crippen molar-refractivity contribution in [2.45, 2.75) is 31.3 Å². The van der Waals surface area contributed by atoms with Crippen LogP contribution in [-0.4, -0.2) is 17.6 Å². The molecule has 0 spiro atoms. The van der Waals surface area contributed by atoms with Gasteiger partial charge < -0.3 is 15.6 Å². The highest BCUT2D eigenvalue weighted by Gasteiger charge is 2.36. The Morgan fingerprint density at radius 2 is 1.95 bits per heavy atom. The van der Waals surface area contributed by atoms with Crippen LogP contribution in [0.3, 0.4) is 0 Å². The molecule has 7 heteroatoms. The molecule has 0 radical (unpaired) electrons. The average molecular weight is 279 g/mol. The largest absolute Gasteiger partial charge is 0.573 e. The van der Waals surface area contributed by atoms with E-state index in [1.54, 1.807) is 0 Å². The van der Waals surface area contributed by atoms with Crippen LogP contribution in [0.15, 0.2) is 18.2 Å². The van der Waals surface area contributed by atoms with E-state index in [4.69, 9.17) is 5.73 Å². The van der Waals surface area contributed by atoms with Gasteiger partial charge >= 0.3 is 6.36 Å². The molecule has 1 aromatic carbocycles. The Kier molecular flexibility index (Phi) is 3.69. The minimum absolute atomic E-state index is 0.0124. The maximum absolute atomic E-state index is 13.6. The predicted molar refractivity (Wildman–Crippen MR) is 58.7 cm³/mol. The maximum atomic E-state index is 13.6. The van der Waals surface area contributed by atoms with Gasteiger partial charge in [-0.2, -0.15) is 0 Å². The molecule has 1 aliphatic rings. The second-order valence-electron chi connectivity index (χ2n) is 4.58. The number of nitrogens with two attached hydrogens (primary N) is 1. The van der Waals surface area contributed by atoms with Crippen molar-refractivity contribution >= 4 is 0 Å². The molecule has 0 heterocycles. The third kappa shape index (κ3) is 3.57. The Labute approximate surface area is 107 Å². The first-order chi connectivity index (χ1) is 8.78. The van der Waals surface area contributed by atoms with Gasteiger partial charge in [0.2, 0.25) is 0 Å². The first-order valence-electron chi connectivity index (χ1n) is 5.77. The topological polar surface area (TPSA) is 55.5 Å². The van der Waals surface area contributed by atoms with Gasteiger partial charge in [0, 0.05) is 5.56 Å². The number of rotatable bonds is 4. The summed E-state index contributed by atoms with van der Waals surface area (Å²) in [5, 5.41) is 9.80. The van der Waals surface area contributed by atoms with Gasteiger partial charge in [-0.15, -0.1) is 13.2 Å². The van der Waals surface area contributed by atoms with Gasteiger partial charge in [0.1, 0.15) is 11.6 Å². The fourth-order valence-corrected chi connectivity index (χ4v) is 1.89. The van der Waals surface area contributed by atoms with E-state index in [-0.39, 0.29) is 11.5 Å². The van der Waals surface area contributed by atoms with Crippen LogP contribution in [0.1, 0.15) is 24.4 Å². The van der Waals surface area contributed by atoms with Crippen LogP contribution in [0, 0.1) is 11.7 Å². The van der Waals surface area contributed by atoms with Crippen molar-refractivity contribution in [3.8, 4) is 5.75 Å². The normalized spacial score (nSPS) is 19.1. The fourth-order valence-electron chi connectivity index (χ4n) is 1.89. The van der Waals surface area contributed by atoms with Crippen LogP contribution >= 0.6 is 0 Å². The van der Waals surface area contributed by atoms with E-state index < -0.39 is 30.1 Å². The van der Waals surface area contributed by atoms with E-state index in [1.165, 1.54) is 0 Å². The van der Waals surface area contributed by atoms with E-state index in [0.717, 1.165) is 31.0 Å². The highest BCUT2D eigenvalue weighted by molar-refractivity contribution is 5.32. The summed E-state index contributed by atoms with van der Waals surface area (Å²) in [5.74, 6) is -1.33. The third-order valence-corrected chi connectivity index (χ3v) is 3.03. The molecule has 3 N–H and O–H groups in total. The monoisotopic (exact) mass is 279 g/mol. The summed E-state index contributed by atoms with van der Waals surface area (Å²) in [7, 11) is 0. The number of hydrogen-bond donors (Lipinski definition) is 2. The molecular formula is C12H13F4NO2. The smallest absolute Gasteiger partial charge is 0.406 e. The SMILES string of the molecule is N[C@H](c1cc(OC(F)(F)F)ccc1F)[C@@H](O)C1CC1. The van der Waals surface area contributed by atoms with Crippen LogP contribution < -0.4 is 10.5 Å². The van der Waals surface area contributed by atoms with Gasteiger partial charge in [-0.3, -0.25) is 0 Å². The van der Waals surface area contributed by atoms with Gasteiger partial charge in [0.05, 0.1) is 12.1 Å². The molecule has 1 fully saturated rings. The van der Waals surface area contributed by atoms with E-state index in [9.17, 15) is 22.7 Å². The summed E-state index contributed by atoms with van der Waals surface area (Å²) in [6, 6.07) is 1.52. The van der Waals surface area contributed by atoms with Crippen molar-refractivity contribution in [1.82, 2.24) is 0 Å². The summed E-state index contributed by atoms with van der Waals surface area (Å²) < 4.78 is 53.5. The lowest BCUT2D eigenvalue weighted by Gasteiger charge is -2.20. The molecule has 0 bridgehead atoms. The van der Waals surface area contributed by atoms with Gasteiger partial charge in [-0.05, 0) is 37.0 Å². The van der Waals surface area contributed by atoms with Gasteiger partial charge in [-0.25, -0.2) is 4.39 Å². The Balaban J connectivity index is 2.21.